The minimum Gasteiger partial charge on any atom is -0.447 e. The van der Waals surface area contributed by atoms with Gasteiger partial charge in [-0.3, -0.25) is 0 Å². The van der Waals surface area contributed by atoms with Gasteiger partial charge in [0.05, 0.1) is 0 Å². The smallest absolute Gasteiger partial charge is 0.334 e. The summed E-state index contributed by atoms with van der Waals surface area (Å²) in [6.45, 7) is 4.88. The quantitative estimate of drug-likeness (QED) is 0.286. The van der Waals surface area contributed by atoms with Crippen molar-refractivity contribution in [3.63, 3.8) is 0 Å². The molecule has 0 bridgehead atoms. The fourth-order valence-electron chi connectivity index (χ4n) is 2.29. The number of rotatable bonds is 4. The molecule has 0 saturated carbocycles. The zero-order valence-corrected chi connectivity index (χ0v) is 13.0. The summed E-state index contributed by atoms with van der Waals surface area (Å²) in [6.07, 6.45) is 4.13. The third-order valence-electron chi connectivity index (χ3n) is 3.48. The number of halogens is 5. The molecule has 1 atom stereocenters. The summed E-state index contributed by atoms with van der Waals surface area (Å²) < 4.78 is 69.1. The summed E-state index contributed by atoms with van der Waals surface area (Å²) in [5.41, 5.74) is -0.924. The third-order valence-corrected chi connectivity index (χ3v) is 4.64. The van der Waals surface area contributed by atoms with Crippen LogP contribution in [0.5, 0.6) is 0 Å². The topological polar surface area (TPSA) is 26.3 Å². The van der Waals surface area contributed by atoms with Crippen molar-refractivity contribution < 1.29 is 29.0 Å². The molecule has 8 heteroatoms. The predicted molar refractivity (Wildman–Crippen MR) is 78.8 cm³/mol. The van der Waals surface area contributed by atoms with Gasteiger partial charge in [0.25, 0.3) is 0 Å². The normalized spacial score (nSPS) is 23.9. The van der Waals surface area contributed by atoms with Crippen molar-refractivity contribution in [1.82, 2.24) is 0 Å². The zero-order valence-electron chi connectivity index (χ0n) is 12.2. The van der Waals surface area contributed by atoms with E-state index in [2.05, 4.69) is 6.58 Å². The number of ether oxygens (including phenoxy) is 1. The number of benzene rings is 1. The molecule has 1 aliphatic carbocycles. The number of allylic oxidation sites excluding steroid dienone is 1. The van der Waals surface area contributed by atoms with Crippen molar-refractivity contribution >= 4 is 16.2 Å². The Kier molecular flexibility index (Phi) is 3.50. The van der Waals surface area contributed by atoms with Crippen LogP contribution in [0.4, 0.5) is 19.4 Å². The maximum absolute atomic E-state index is 12.8. The minimum atomic E-state index is -9.72. The first-order valence-corrected chi connectivity index (χ1v) is 8.60. The number of hydrogen-bond donors (Lipinski definition) is 0. The van der Waals surface area contributed by atoms with Crippen molar-refractivity contribution in [3.05, 3.63) is 54.1 Å². The molecular weight excluding hydrogens is 339 g/mol. The van der Waals surface area contributed by atoms with Gasteiger partial charge >= 0.3 is 16.2 Å². The number of carbonyl (C=O) groups is 1. The van der Waals surface area contributed by atoms with Gasteiger partial charge in [0.2, 0.25) is 0 Å². The second-order valence-corrected chi connectivity index (χ2v) is 7.90. The molecule has 1 unspecified atom stereocenters. The van der Waals surface area contributed by atoms with Crippen molar-refractivity contribution in [2.45, 2.75) is 30.3 Å². The van der Waals surface area contributed by atoms with Crippen LogP contribution in [0.2, 0.25) is 0 Å². The highest BCUT2D eigenvalue weighted by Crippen LogP contribution is 3.02. The largest absolute Gasteiger partial charge is 0.447 e. The first-order valence-electron chi connectivity index (χ1n) is 6.65. The molecule has 1 aliphatic rings. The van der Waals surface area contributed by atoms with Gasteiger partial charge in [0.15, 0.2) is 5.60 Å². The van der Waals surface area contributed by atoms with Gasteiger partial charge in [-0.15, -0.1) is 0 Å². The first kappa shape index (κ1) is 17.5. The van der Waals surface area contributed by atoms with Crippen LogP contribution >= 0.6 is 10.2 Å². The highest BCUT2D eigenvalue weighted by Gasteiger charge is 2.65. The van der Waals surface area contributed by atoms with Gasteiger partial charge in [-0.05, 0) is 43.5 Å². The molecule has 0 heterocycles. The van der Waals surface area contributed by atoms with Crippen molar-refractivity contribution in [2.75, 3.05) is 0 Å². The van der Waals surface area contributed by atoms with Crippen molar-refractivity contribution in [1.29, 1.82) is 0 Å². The molecule has 2 nitrogen and oxygen atoms in total. The van der Waals surface area contributed by atoms with Gasteiger partial charge in [-0.1, -0.05) is 44.2 Å². The molecule has 0 fully saturated rings. The molecule has 0 amide bonds. The second kappa shape index (κ2) is 4.59. The van der Waals surface area contributed by atoms with Crippen LogP contribution in [0, 0.1) is 0 Å². The van der Waals surface area contributed by atoms with Crippen LogP contribution in [-0.4, -0.2) is 5.97 Å². The molecular formula is C15H15F5O2S. The Labute approximate surface area is 130 Å². The third kappa shape index (κ3) is 3.74. The number of hydrogen-bond acceptors (Lipinski definition) is 2. The fraction of sp³-hybridized carbons (Fsp3) is 0.267. The maximum Gasteiger partial charge on any atom is 0.334 e. The van der Waals surface area contributed by atoms with E-state index < -0.39 is 26.7 Å². The molecule has 128 valence electrons. The highest BCUT2D eigenvalue weighted by molar-refractivity contribution is 8.45. The molecule has 1 aromatic rings. The van der Waals surface area contributed by atoms with Crippen molar-refractivity contribution in [3.8, 4) is 0 Å². The molecule has 0 spiro atoms. The van der Waals surface area contributed by atoms with E-state index in [1.54, 1.807) is 12.2 Å². The van der Waals surface area contributed by atoms with Crippen LogP contribution in [0.3, 0.4) is 0 Å². The Bertz CT molecular complexity index is 691. The summed E-state index contributed by atoms with van der Waals surface area (Å²) >= 11 is 0. The van der Waals surface area contributed by atoms with Gasteiger partial charge in [0, 0.05) is 5.57 Å². The SMILES string of the molecule is C=C(C)C(=O)OC1(c2ccc(S(F)(F)(F)(F)F)cc2)C=CCC1. The Hall–Kier alpha value is -1.83. The first-order chi connectivity index (χ1) is 10.2. The van der Waals surface area contributed by atoms with Crippen LogP contribution in [-0.2, 0) is 15.1 Å². The average molecular weight is 354 g/mol. The summed E-state index contributed by atoms with van der Waals surface area (Å²) in [5, 5.41) is 0. The molecule has 0 aliphatic heterocycles. The highest BCUT2D eigenvalue weighted by atomic mass is 32.5. The lowest BCUT2D eigenvalue weighted by molar-refractivity contribution is -0.151. The Morgan fingerprint density at radius 3 is 2.13 bits per heavy atom. The van der Waals surface area contributed by atoms with Crippen LogP contribution < -0.4 is 0 Å². The molecule has 23 heavy (non-hydrogen) atoms. The van der Waals surface area contributed by atoms with Gasteiger partial charge in [-0.25, -0.2) is 4.79 Å². The molecule has 0 saturated heterocycles. The predicted octanol–water partition coefficient (Wildman–Crippen LogP) is 6.01. The molecule has 0 N–H and O–H groups in total. The lowest BCUT2D eigenvalue weighted by Crippen LogP contribution is -2.28. The summed E-state index contributed by atoms with van der Waals surface area (Å²) in [6, 6.07) is 2.46. The average Bonchev–Trinajstić information content (AvgIpc) is 2.86. The maximum atomic E-state index is 12.8. The van der Waals surface area contributed by atoms with E-state index in [-0.39, 0.29) is 11.1 Å². The van der Waals surface area contributed by atoms with Gasteiger partial charge in [0.1, 0.15) is 4.90 Å². The zero-order chi connectivity index (χ0) is 17.6. The summed E-state index contributed by atoms with van der Waals surface area (Å²) in [4.78, 5) is 9.78. The summed E-state index contributed by atoms with van der Waals surface area (Å²) in [7, 11) is -9.72. The van der Waals surface area contributed by atoms with Gasteiger partial charge in [-0.2, -0.15) is 0 Å². The molecule has 0 radical (unpaired) electrons. The second-order valence-electron chi connectivity index (χ2n) is 5.49. The minimum absolute atomic E-state index is 0.133. The monoisotopic (exact) mass is 354 g/mol. The van der Waals surface area contributed by atoms with E-state index in [1.807, 2.05) is 0 Å². The standard InChI is InChI=1S/C15H15F5O2S/c1-11(2)14(21)22-15(9-3-4-10-15)12-5-7-13(8-6-12)23(16,17,18,19)20/h3,5-9H,1,4,10H2,2H3. The van der Waals surface area contributed by atoms with E-state index in [4.69, 9.17) is 4.74 Å². The van der Waals surface area contributed by atoms with E-state index in [0.717, 1.165) is 12.1 Å². The fourth-order valence-corrected chi connectivity index (χ4v) is 2.94. The lowest BCUT2D eigenvalue weighted by atomic mass is 9.93. The van der Waals surface area contributed by atoms with E-state index in [9.17, 15) is 24.2 Å². The molecule has 2 rings (SSSR count). The van der Waals surface area contributed by atoms with E-state index in [0.29, 0.717) is 25.0 Å². The van der Waals surface area contributed by atoms with Gasteiger partial charge < -0.3 is 4.74 Å². The van der Waals surface area contributed by atoms with Crippen molar-refractivity contribution in [2.24, 2.45) is 0 Å². The summed E-state index contributed by atoms with van der Waals surface area (Å²) in [5.74, 6) is -0.701. The van der Waals surface area contributed by atoms with Crippen LogP contribution in [0.1, 0.15) is 25.3 Å². The van der Waals surface area contributed by atoms with Crippen LogP contribution in [0.25, 0.3) is 0 Å². The molecule has 1 aromatic carbocycles. The van der Waals surface area contributed by atoms with E-state index >= 15 is 0 Å². The number of esters is 1. The lowest BCUT2D eigenvalue weighted by Gasteiger charge is -2.40. The van der Waals surface area contributed by atoms with E-state index in [1.165, 1.54) is 6.92 Å². The number of carbonyl (C=O) groups excluding carboxylic acids is 1. The molecule has 0 aromatic heterocycles. The Morgan fingerprint density at radius 2 is 1.74 bits per heavy atom. The van der Waals surface area contributed by atoms with Crippen LogP contribution in [0.15, 0.2) is 53.5 Å². The Balaban J connectivity index is 2.42. The Morgan fingerprint density at radius 1 is 1.17 bits per heavy atom.